The molecule has 2 heterocycles. The largest absolute Gasteiger partial charge is 0.396 e. The van der Waals surface area contributed by atoms with Crippen LogP contribution in [0.3, 0.4) is 0 Å². The lowest BCUT2D eigenvalue weighted by Gasteiger charge is -2.48. The van der Waals surface area contributed by atoms with Gasteiger partial charge in [-0.3, -0.25) is 16.1 Å². The predicted molar refractivity (Wildman–Crippen MR) is 141 cm³/mol. The van der Waals surface area contributed by atoms with Gasteiger partial charge in [-0.15, -0.1) is 0 Å². The fourth-order valence-electron chi connectivity index (χ4n) is 5.44. The standard InChI is InChI=1S/C25H49N5O10/c1-12-18(33)24(37-11-25(12,2)36)40-21-16(30-22(35)17(32)10-29-28)9-15(27)20(19(21)34)39-23-14(26)7-6-13(38-23)5-3-4-8-31/h12-21,23-24,29,31-34,36H,3-11,26-28H2,1-2H3,(H,30,35)/t12-,13-,14?,15+,16-,17+,18?,19?,20?,21?,23-,24-,25?/m1/s1. The van der Waals surface area contributed by atoms with Crippen LogP contribution >= 0.6 is 0 Å². The van der Waals surface area contributed by atoms with Crippen LogP contribution in [0.1, 0.15) is 52.4 Å². The minimum atomic E-state index is -1.48. The predicted octanol–water partition coefficient (Wildman–Crippen LogP) is -3.74. The van der Waals surface area contributed by atoms with Crippen LogP contribution in [0.15, 0.2) is 0 Å². The van der Waals surface area contributed by atoms with E-state index in [9.17, 15) is 25.2 Å². The van der Waals surface area contributed by atoms with Crippen molar-refractivity contribution >= 4 is 5.91 Å². The van der Waals surface area contributed by atoms with E-state index >= 15 is 0 Å². The normalized spacial score (nSPS) is 43.3. The number of unbranched alkanes of at least 4 members (excludes halogenated alkanes) is 1. The minimum Gasteiger partial charge on any atom is -0.396 e. The van der Waals surface area contributed by atoms with E-state index in [1.165, 1.54) is 6.92 Å². The van der Waals surface area contributed by atoms with Crippen molar-refractivity contribution in [3.05, 3.63) is 0 Å². The Kier molecular flexibility index (Phi) is 12.5. The molecule has 1 aliphatic carbocycles. The van der Waals surface area contributed by atoms with Crippen LogP contribution in [-0.2, 0) is 23.7 Å². The van der Waals surface area contributed by atoms with E-state index in [1.807, 2.05) is 0 Å². The molecule has 2 aliphatic heterocycles. The van der Waals surface area contributed by atoms with Gasteiger partial charge in [0.1, 0.15) is 30.5 Å². The molecule has 3 fully saturated rings. The maximum absolute atomic E-state index is 12.6. The van der Waals surface area contributed by atoms with Crippen molar-refractivity contribution in [1.82, 2.24) is 10.7 Å². The van der Waals surface area contributed by atoms with Crippen molar-refractivity contribution < 1.29 is 49.3 Å². The number of ether oxygens (including phenoxy) is 4. The van der Waals surface area contributed by atoms with Crippen LogP contribution in [0.4, 0.5) is 0 Å². The third-order valence-corrected chi connectivity index (χ3v) is 8.29. The quantitative estimate of drug-likeness (QED) is 0.0605. The second kappa shape index (κ2) is 14.9. The van der Waals surface area contributed by atoms with Gasteiger partial charge in [0.05, 0.1) is 30.4 Å². The summed E-state index contributed by atoms with van der Waals surface area (Å²) in [5.41, 5.74) is 13.6. The molecule has 13 atom stereocenters. The van der Waals surface area contributed by atoms with Gasteiger partial charge < -0.3 is 61.3 Å². The van der Waals surface area contributed by atoms with E-state index in [1.54, 1.807) is 6.92 Å². The Bertz CT molecular complexity index is 797. The summed E-state index contributed by atoms with van der Waals surface area (Å²) in [7, 11) is 0. The lowest BCUT2D eigenvalue weighted by molar-refractivity contribution is -0.314. The molecule has 2 saturated heterocycles. The van der Waals surface area contributed by atoms with Crippen molar-refractivity contribution in [2.75, 3.05) is 19.8 Å². The van der Waals surface area contributed by atoms with E-state index in [4.69, 9.17) is 41.4 Å². The first-order chi connectivity index (χ1) is 18.9. The van der Waals surface area contributed by atoms with E-state index in [0.29, 0.717) is 12.8 Å². The number of hydrogen-bond donors (Lipinski definition) is 10. The Labute approximate surface area is 234 Å². The first kappa shape index (κ1) is 33.5. The van der Waals surface area contributed by atoms with Crippen LogP contribution in [0.5, 0.6) is 0 Å². The maximum Gasteiger partial charge on any atom is 0.250 e. The topological polar surface area (TPSA) is 257 Å². The van der Waals surface area contributed by atoms with Gasteiger partial charge in [0.15, 0.2) is 12.6 Å². The molecule has 1 saturated carbocycles. The number of nitrogens with one attached hydrogen (secondary N) is 2. The zero-order chi connectivity index (χ0) is 29.6. The zero-order valence-electron chi connectivity index (χ0n) is 23.3. The van der Waals surface area contributed by atoms with Crippen LogP contribution in [0, 0.1) is 5.92 Å². The van der Waals surface area contributed by atoms with E-state index in [-0.39, 0.29) is 32.3 Å². The number of rotatable bonds is 12. The highest BCUT2D eigenvalue weighted by Gasteiger charge is 2.51. The van der Waals surface area contributed by atoms with Gasteiger partial charge in [-0.1, -0.05) is 6.92 Å². The zero-order valence-corrected chi connectivity index (χ0v) is 23.3. The molecule has 0 aromatic heterocycles. The van der Waals surface area contributed by atoms with Gasteiger partial charge in [0, 0.05) is 25.1 Å². The number of aliphatic hydroxyl groups excluding tert-OH is 4. The number of carbonyl (C=O) groups excluding carboxylic acids is 1. The molecule has 0 bridgehead atoms. The molecular weight excluding hydrogens is 530 g/mol. The number of carbonyl (C=O) groups is 1. The van der Waals surface area contributed by atoms with Crippen molar-refractivity contribution in [3.63, 3.8) is 0 Å². The Morgan fingerprint density at radius 3 is 2.48 bits per heavy atom. The second-order valence-corrected chi connectivity index (χ2v) is 11.5. The maximum atomic E-state index is 12.6. The SMILES string of the molecule is C[C@@H]1C(O)[C@@H](OC2C(O)C(O[C@H]3O[C@H](CCCCO)CCC3N)[C@@H](N)C[C@H]2NC(=O)[C@@H](O)CNN)OCC1(C)O. The van der Waals surface area contributed by atoms with Gasteiger partial charge >= 0.3 is 0 Å². The molecule has 0 radical (unpaired) electrons. The number of hydrogen-bond acceptors (Lipinski definition) is 14. The summed E-state index contributed by atoms with van der Waals surface area (Å²) in [5.74, 6) is 3.83. The molecule has 0 aromatic rings. The first-order valence-corrected chi connectivity index (χ1v) is 14.1. The molecule has 15 nitrogen and oxygen atoms in total. The fourth-order valence-corrected chi connectivity index (χ4v) is 5.44. The number of nitrogens with two attached hydrogens (primary N) is 3. The van der Waals surface area contributed by atoms with Gasteiger partial charge in [-0.05, 0) is 45.4 Å². The molecule has 3 rings (SSSR count). The molecular formula is C25H49N5O10. The van der Waals surface area contributed by atoms with Gasteiger partial charge in [0.2, 0.25) is 0 Å². The molecule has 0 spiro atoms. The number of hydrazine groups is 1. The summed E-state index contributed by atoms with van der Waals surface area (Å²) in [4.78, 5) is 12.6. The summed E-state index contributed by atoms with van der Waals surface area (Å²) >= 11 is 0. The van der Waals surface area contributed by atoms with Crippen LogP contribution in [-0.4, -0.2) is 124 Å². The van der Waals surface area contributed by atoms with E-state index < -0.39 is 78.7 Å². The Morgan fingerprint density at radius 1 is 1.10 bits per heavy atom. The lowest BCUT2D eigenvalue weighted by atomic mass is 9.82. The molecule has 234 valence electrons. The van der Waals surface area contributed by atoms with Crippen molar-refractivity contribution in [2.45, 2.75) is 125 Å². The first-order valence-electron chi connectivity index (χ1n) is 14.1. The Hall–Kier alpha value is -1.05. The molecule has 1 amide bonds. The summed E-state index contributed by atoms with van der Waals surface area (Å²) in [6, 6.07) is -2.14. The minimum absolute atomic E-state index is 0.0822. The molecule has 3 aliphatic rings. The summed E-state index contributed by atoms with van der Waals surface area (Å²) < 4.78 is 23.9. The van der Waals surface area contributed by atoms with Gasteiger partial charge in [-0.2, -0.15) is 0 Å². The molecule has 6 unspecified atom stereocenters. The Balaban J connectivity index is 1.76. The average molecular weight is 580 g/mol. The van der Waals surface area contributed by atoms with E-state index in [0.717, 1.165) is 19.3 Å². The van der Waals surface area contributed by atoms with Gasteiger partial charge in [0.25, 0.3) is 5.91 Å². The van der Waals surface area contributed by atoms with Crippen LogP contribution in [0.25, 0.3) is 0 Å². The van der Waals surface area contributed by atoms with E-state index in [2.05, 4.69) is 10.7 Å². The lowest BCUT2D eigenvalue weighted by Crippen LogP contribution is -2.68. The second-order valence-electron chi connectivity index (χ2n) is 11.5. The Morgan fingerprint density at radius 2 is 1.80 bits per heavy atom. The summed E-state index contributed by atoms with van der Waals surface area (Å²) in [6.45, 7) is 2.95. The highest BCUT2D eigenvalue weighted by molar-refractivity contribution is 5.81. The van der Waals surface area contributed by atoms with Crippen molar-refractivity contribution in [3.8, 4) is 0 Å². The molecule has 15 heteroatoms. The summed E-state index contributed by atoms with van der Waals surface area (Å²) in [5, 5.41) is 54.5. The summed E-state index contributed by atoms with van der Waals surface area (Å²) in [6.07, 6.45) is -4.90. The molecule has 0 aromatic carbocycles. The average Bonchev–Trinajstić information content (AvgIpc) is 2.90. The molecule has 40 heavy (non-hydrogen) atoms. The number of amides is 1. The number of aliphatic hydroxyl groups is 5. The van der Waals surface area contributed by atoms with Crippen molar-refractivity contribution in [2.24, 2.45) is 23.2 Å². The monoisotopic (exact) mass is 579 g/mol. The highest BCUT2D eigenvalue weighted by Crippen LogP contribution is 2.34. The fraction of sp³-hybridized carbons (Fsp3) is 0.960. The van der Waals surface area contributed by atoms with Gasteiger partial charge in [-0.25, -0.2) is 0 Å². The third kappa shape index (κ3) is 8.28. The smallest absolute Gasteiger partial charge is 0.250 e. The highest BCUT2D eigenvalue weighted by atomic mass is 16.7. The molecule has 13 N–H and O–H groups in total. The van der Waals surface area contributed by atoms with Crippen LogP contribution < -0.4 is 28.1 Å². The third-order valence-electron chi connectivity index (χ3n) is 8.29. The van der Waals surface area contributed by atoms with Crippen LogP contribution in [0.2, 0.25) is 0 Å². The van der Waals surface area contributed by atoms with Crippen molar-refractivity contribution in [1.29, 1.82) is 0 Å².